The number of fused-ring (bicyclic) bond motifs is 1. The van der Waals surface area contributed by atoms with Crippen molar-refractivity contribution < 1.29 is 9.47 Å². The highest BCUT2D eigenvalue weighted by Gasteiger charge is 2.10. The van der Waals surface area contributed by atoms with Gasteiger partial charge in [0.1, 0.15) is 17.0 Å². The molecule has 2 N–H and O–H groups in total. The topological polar surface area (TPSA) is 57.4 Å². The smallest absolute Gasteiger partial charge is 0.148 e. The average Bonchev–Trinajstić information content (AvgIpc) is 2.44. The summed E-state index contributed by atoms with van der Waals surface area (Å²) in [5, 5.41) is 1.04. The van der Waals surface area contributed by atoms with Gasteiger partial charge in [-0.1, -0.05) is 0 Å². The summed E-state index contributed by atoms with van der Waals surface area (Å²) in [4.78, 5) is 4.65. The second-order valence-corrected chi connectivity index (χ2v) is 4.53. The molecule has 0 fully saturated rings. The third kappa shape index (κ3) is 2.79. The van der Waals surface area contributed by atoms with Gasteiger partial charge in [0.15, 0.2) is 0 Å². The maximum Gasteiger partial charge on any atom is 0.148 e. The minimum atomic E-state index is 0.693. The Labute approximate surface area is 113 Å². The first-order valence-corrected chi connectivity index (χ1v) is 6.42. The van der Waals surface area contributed by atoms with Crippen molar-refractivity contribution in [2.75, 3.05) is 20.8 Å². The molecule has 0 aliphatic carbocycles. The van der Waals surface area contributed by atoms with E-state index in [1.165, 1.54) is 5.56 Å². The highest BCUT2D eigenvalue weighted by molar-refractivity contribution is 5.87. The van der Waals surface area contributed by atoms with E-state index in [0.29, 0.717) is 6.54 Å². The Hall–Kier alpha value is -1.81. The Morgan fingerprint density at radius 1 is 1.16 bits per heavy atom. The zero-order chi connectivity index (χ0) is 13.8. The van der Waals surface area contributed by atoms with Gasteiger partial charge in [0, 0.05) is 17.1 Å². The van der Waals surface area contributed by atoms with Crippen molar-refractivity contribution in [1.29, 1.82) is 0 Å². The highest BCUT2D eigenvalue weighted by Crippen LogP contribution is 2.31. The Bertz CT molecular complexity index is 582. The number of hydrogen-bond donors (Lipinski definition) is 1. The number of aromatic nitrogens is 1. The first kappa shape index (κ1) is 13.6. The van der Waals surface area contributed by atoms with Gasteiger partial charge in [-0.3, -0.25) is 0 Å². The van der Waals surface area contributed by atoms with Gasteiger partial charge >= 0.3 is 0 Å². The van der Waals surface area contributed by atoms with Crippen molar-refractivity contribution in [3.8, 4) is 11.5 Å². The molecule has 0 aliphatic rings. The molecule has 1 aromatic carbocycles. The largest absolute Gasteiger partial charge is 0.497 e. The Morgan fingerprint density at radius 3 is 2.58 bits per heavy atom. The molecule has 0 atom stereocenters. The molecular weight excluding hydrogens is 240 g/mol. The third-order valence-electron chi connectivity index (χ3n) is 3.26. The van der Waals surface area contributed by atoms with Gasteiger partial charge in [-0.05, 0) is 44.0 Å². The fraction of sp³-hybridized carbons (Fsp3) is 0.400. The van der Waals surface area contributed by atoms with Crippen LogP contribution in [-0.4, -0.2) is 25.7 Å². The number of rotatable bonds is 5. The van der Waals surface area contributed by atoms with Gasteiger partial charge in [-0.25, -0.2) is 4.98 Å². The summed E-state index contributed by atoms with van der Waals surface area (Å²) in [6.45, 7) is 2.72. The van der Waals surface area contributed by atoms with Crippen LogP contribution in [0.5, 0.6) is 11.5 Å². The van der Waals surface area contributed by atoms with Crippen LogP contribution in [-0.2, 0) is 6.42 Å². The number of ether oxygens (including phenoxy) is 2. The third-order valence-corrected chi connectivity index (χ3v) is 3.26. The number of benzene rings is 1. The van der Waals surface area contributed by atoms with E-state index in [1.807, 2.05) is 19.1 Å². The van der Waals surface area contributed by atoms with Crippen LogP contribution in [0.3, 0.4) is 0 Å². The van der Waals surface area contributed by atoms with Crippen molar-refractivity contribution >= 4 is 10.9 Å². The van der Waals surface area contributed by atoms with Crippen LogP contribution in [0.2, 0.25) is 0 Å². The van der Waals surface area contributed by atoms with Gasteiger partial charge < -0.3 is 15.2 Å². The number of nitrogens with two attached hydrogens (primary N) is 1. The van der Waals surface area contributed by atoms with Crippen LogP contribution in [0, 0.1) is 6.92 Å². The predicted molar refractivity (Wildman–Crippen MR) is 77.0 cm³/mol. The summed E-state index contributed by atoms with van der Waals surface area (Å²) in [5.41, 5.74) is 8.70. The summed E-state index contributed by atoms with van der Waals surface area (Å²) >= 11 is 0. The van der Waals surface area contributed by atoms with Crippen LogP contribution in [0.25, 0.3) is 10.9 Å². The molecule has 4 heteroatoms. The van der Waals surface area contributed by atoms with Gasteiger partial charge in [-0.15, -0.1) is 0 Å². The summed E-state index contributed by atoms with van der Waals surface area (Å²) in [6.07, 6.45) is 1.92. The molecule has 0 saturated heterocycles. The summed E-state index contributed by atoms with van der Waals surface area (Å²) in [5.74, 6) is 1.52. The van der Waals surface area contributed by atoms with Crippen LogP contribution in [0.15, 0.2) is 18.2 Å². The van der Waals surface area contributed by atoms with E-state index >= 15 is 0 Å². The van der Waals surface area contributed by atoms with Crippen molar-refractivity contribution in [1.82, 2.24) is 4.98 Å². The van der Waals surface area contributed by atoms with Crippen LogP contribution >= 0.6 is 0 Å². The molecule has 0 unspecified atom stereocenters. The van der Waals surface area contributed by atoms with Crippen LogP contribution in [0.1, 0.15) is 17.7 Å². The molecule has 0 radical (unpaired) electrons. The van der Waals surface area contributed by atoms with Gasteiger partial charge in [0.25, 0.3) is 0 Å². The van der Waals surface area contributed by atoms with E-state index in [2.05, 4.69) is 11.1 Å². The number of methoxy groups -OCH3 is 2. The van der Waals surface area contributed by atoms with E-state index in [4.69, 9.17) is 15.2 Å². The molecule has 0 spiro atoms. The Kier molecular flexibility index (Phi) is 4.22. The zero-order valence-corrected chi connectivity index (χ0v) is 11.7. The van der Waals surface area contributed by atoms with E-state index in [-0.39, 0.29) is 0 Å². The molecule has 2 rings (SSSR count). The maximum absolute atomic E-state index is 5.57. The average molecular weight is 260 g/mol. The molecule has 1 aromatic heterocycles. The van der Waals surface area contributed by atoms with Gasteiger partial charge in [0.2, 0.25) is 0 Å². The first-order valence-electron chi connectivity index (χ1n) is 6.42. The summed E-state index contributed by atoms with van der Waals surface area (Å²) in [6, 6.07) is 5.99. The number of pyridine rings is 1. The van der Waals surface area contributed by atoms with Crippen molar-refractivity contribution in [3.63, 3.8) is 0 Å². The van der Waals surface area contributed by atoms with E-state index in [0.717, 1.165) is 40.9 Å². The van der Waals surface area contributed by atoms with Crippen molar-refractivity contribution in [3.05, 3.63) is 29.5 Å². The molecule has 0 amide bonds. The molecule has 0 aliphatic heterocycles. The molecular formula is C15H20N2O2. The molecule has 102 valence electrons. The molecule has 0 bridgehead atoms. The minimum Gasteiger partial charge on any atom is -0.497 e. The first-order chi connectivity index (χ1) is 9.19. The molecule has 0 saturated carbocycles. The lowest BCUT2D eigenvalue weighted by atomic mass is 10.0. The number of nitrogens with zero attached hydrogens (tertiary/aromatic N) is 1. The minimum absolute atomic E-state index is 0.693. The van der Waals surface area contributed by atoms with E-state index in [9.17, 15) is 0 Å². The molecule has 4 nitrogen and oxygen atoms in total. The predicted octanol–water partition coefficient (Wildman–Crippen LogP) is 2.45. The Morgan fingerprint density at radius 2 is 1.95 bits per heavy atom. The standard InChI is InChI=1S/C15H20N2O2/c1-10-11(5-4-6-16)7-12-8-13(18-2)9-14(19-3)15(12)17-10/h7-9H,4-6,16H2,1-3H3. The fourth-order valence-corrected chi connectivity index (χ4v) is 2.18. The monoisotopic (exact) mass is 260 g/mol. The fourth-order valence-electron chi connectivity index (χ4n) is 2.18. The highest BCUT2D eigenvalue weighted by atomic mass is 16.5. The zero-order valence-electron chi connectivity index (χ0n) is 11.7. The molecule has 2 aromatic rings. The quantitative estimate of drug-likeness (QED) is 0.897. The lowest BCUT2D eigenvalue weighted by Crippen LogP contribution is -2.02. The SMILES string of the molecule is COc1cc(OC)c2nc(C)c(CCCN)cc2c1. The van der Waals surface area contributed by atoms with Crippen molar-refractivity contribution in [2.24, 2.45) is 5.73 Å². The van der Waals surface area contributed by atoms with Crippen molar-refractivity contribution in [2.45, 2.75) is 19.8 Å². The van der Waals surface area contributed by atoms with E-state index < -0.39 is 0 Å². The molecule has 19 heavy (non-hydrogen) atoms. The summed E-state index contributed by atoms with van der Waals surface area (Å²) in [7, 11) is 3.30. The number of hydrogen-bond acceptors (Lipinski definition) is 4. The Balaban J connectivity index is 2.56. The van der Waals surface area contributed by atoms with Gasteiger partial charge in [0.05, 0.1) is 14.2 Å². The summed E-state index contributed by atoms with van der Waals surface area (Å²) < 4.78 is 10.7. The second kappa shape index (κ2) is 5.89. The van der Waals surface area contributed by atoms with Crippen LogP contribution < -0.4 is 15.2 Å². The number of aryl methyl sites for hydroxylation is 2. The van der Waals surface area contributed by atoms with E-state index in [1.54, 1.807) is 14.2 Å². The second-order valence-electron chi connectivity index (χ2n) is 4.53. The molecule has 1 heterocycles. The lowest BCUT2D eigenvalue weighted by Gasteiger charge is -2.11. The lowest BCUT2D eigenvalue weighted by molar-refractivity contribution is 0.397. The van der Waals surface area contributed by atoms with Crippen LogP contribution in [0.4, 0.5) is 0 Å². The normalized spacial score (nSPS) is 10.7. The van der Waals surface area contributed by atoms with Gasteiger partial charge in [-0.2, -0.15) is 0 Å². The maximum atomic E-state index is 5.57.